The van der Waals surface area contributed by atoms with Crippen molar-refractivity contribution in [2.24, 2.45) is 7.05 Å². The molecule has 1 heterocycles. The minimum atomic E-state index is 0.173. The first-order valence-electron chi connectivity index (χ1n) is 6.70. The Morgan fingerprint density at radius 1 is 1.35 bits per heavy atom. The van der Waals surface area contributed by atoms with Crippen molar-refractivity contribution in [3.8, 4) is 11.5 Å². The number of anilines is 1. The van der Waals surface area contributed by atoms with Crippen LogP contribution >= 0.6 is 0 Å². The third-order valence-electron chi connectivity index (χ3n) is 3.07. The third kappa shape index (κ3) is 3.23. The first kappa shape index (κ1) is 14.2. The van der Waals surface area contributed by atoms with Crippen LogP contribution in [0.3, 0.4) is 0 Å². The highest BCUT2D eigenvalue weighted by atomic mass is 16.5. The van der Waals surface area contributed by atoms with Crippen molar-refractivity contribution in [2.75, 3.05) is 19.0 Å². The highest BCUT2D eigenvalue weighted by Crippen LogP contribution is 2.31. The molecule has 5 nitrogen and oxygen atoms in total. The fourth-order valence-corrected chi connectivity index (χ4v) is 2.03. The molecule has 0 saturated heterocycles. The summed E-state index contributed by atoms with van der Waals surface area (Å²) in [6.45, 7) is 4.66. The van der Waals surface area contributed by atoms with Crippen LogP contribution in [0, 0.1) is 0 Å². The second kappa shape index (κ2) is 6.32. The number of methoxy groups -OCH3 is 1. The molecule has 2 aromatic rings. The second-order valence-electron chi connectivity index (χ2n) is 4.61. The van der Waals surface area contributed by atoms with Gasteiger partial charge in [0, 0.05) is 30.6 Å². The zero-order valence-electron chi connectivity index (χ0n) is 12.4. The van der Waals surface area contributed by atoms with E-state index in [1.54, 1.807) is 11.8 Å². The van der Waals surface area contributed by atoms with E-state index in [0.717, 1.165) is 22.7 Å². The first-order chi connectivity index (χ1) is 9.63. The molecule has 1 aromatic carbocycles. The first-order valence-corrected chi connectivity index (χ1v) is 6.70. The lowest BCUT2D eigenvalue weighted by Crippen LogP contribution is -2.06. The Kier molecular flexibility index (Phi) is 4.50. The van der Waals surface area contributed by atoms with Crippen LogP contribution in [0.25, 0.3) is 0 Å². The van der Waals surface area contributed by atoms with Crippen molar-refractivity contribution in [1.29, 1.82) is 0 Å². The Labute approximate surface area is 119 Å². The van der Waals surface area contributed by atoms with E-state index < -0.39 is 0 Å². The smallest absolute Gasteiger partial charge is 0.163 e. The maximum Gasteiger partial charge on any atom is 0.163 e. The van der Waals surface area contributed by atoms with Crippen molar-refractivity contribution >= 4 is 5.69 Å². The van der Waals surface area contributed by atoms with Gasteiger partial charge in [-0.2, -0.15) is 5.10 Å². The Morgan fingerprint density at radius 3 is 2.75 bits per heavy atom. The van der Waals surface area contributed by atoms with E-state index >= 15 is 0 Å². The van der Waals surface area contributed by atoms with Gasteiger partial charge in [0.1, 0.15) is 0 Å². The quantitative estimate of drug-likeness (QED) is 0.880. The van der Waals surface area contributed by atoms with Gasteiger partial charge in [0.15, 0.2) is 11.5 Å². The molecule has 5 heteroatoms. The summed E-state index contributed by atoms with van der Waals surface area (Å²) in [5, 5.41) is 7.62. The van der Waals surface area contributed by atoms with Crippen LogP contribution in [0.5, 0.6) is 11.5 Å². The van der Waals surface area contributed by atoms with Gasteiger partial charge in [-0.25, -0.2) is 0 Å². The molecule has 0 aliphatic carbocycles. The Balaban J connectivity index is 2.14. The molecule has 0 bridgehead atoms. The summed E-state index contributed by atoms with van der Waals surface area (Å²) in [5.41, 5.74) is 2.13. The topological polar surface area (TPSA) is 48.3 Å². The predicted octanol–water partition coefficient (Wildman–Crippen LogP) is 3.00. The molecule has 0 fully saturated rings. The Bertz CT molecular complexity index is 566. The summed E-state index contributed by atoms with van der Waals surface area (Å²) in [6, 6.07) is 6.01. The van der Waals surface area contributed by atoms with Gasteiger partial charge in [-0.15, -0.1) is 0 Å². The van der Waals surface area contributed by atoms with Gasteiger partial charge >= 0.3 is 0 Å². The fourth-order valence-electron chi connectivity index (χ4n) is 2.03. The van der Waals surface area contributed by atoms with E-state index in [1.807, 2.05) is 44.6 Å². The van der Waals surface area contributed by atoms with E-state index in [1.165, 1.54) is 0 Å². The number of nitrogens with zero attached hydrogens (tertiary/aromatic N) is 2. The van der Waals surface area contributed by atoms with E-state index in [4.69, 9.17) is 9.47 Å². The monoisotopic (exact) mass is 275 g/mol. The number of benzene rings is 1. The van der Waals surface area contributed by atoms with Crippen molar-refractivity contribution in [2.45, 2.75) is 19.9 Å². The average Bonchev–Trinajstić information content (AvgIpc) is 2.86. The molecule has 0 radical (unpaired) electrons. The third-order valence-corrected chi connectivity index (χ3v) is 3.07. The molecule has 0 amide bonds. The van der Waals surface area contributed by atoms with Crippen LogP contribution < -0.4 is 14.8 Å². The lowest BCUT2D eigenvalue weighted by atomic mass is 10.1. The van der Waals surface area contributed by atoms with Crippen LogP contribution in [0.1, 0.15) is 25.5 Å². The molecule has 2 rings (SSSR count). The van der Waals surface area contributed by atoms with E-state index in [2.05, 4.69) is 17.3 Å². The SMILES string of the molecule is CCOc1cc(NC(C)c2cnn(C)c2)ccc1OC. The summed E-state index contributed by atoms with van der Waals surface area (Å²) in [7, 11) is 3.56. The van der Waals surface area contributed by atoms with Crippen LogP contribution in [-0.4, -0.2) is 23.5 Å². The minimum absolute atomic E-state index is 0.173. The number of aromatic nitrogens is 2. The average molecular weight is 275 g/mol. The van der Waals surface area contributed by atoms with E-state index in [-0.39, 0.29) is 6.04 Å². The number of ether oxygens (including phenoxy) is 2. The number of nitrogens with one attached hydrogen (secondary N) is 1. The Hall–Kier alpha value is -2.17. The van der Waals surface area contributed by atoms with Gasteiger partial charge in [-0.05, 0) is 26.0 Å². The molecule has 0 saturated carbocycles. The normalized spacial score (nSPS) is 12.0. The van der Waals surface area contributed by atoms with Crippen LogP contribution in [0.2, 0.25) is 0 Å². The molecule has 0 aliphatic heterocycles. The summed E-state index contributed by atoms with van der Waals surface area (Å²) < 4.78 is 12.7. The van der Waals surface area contributed by atoms with Crippen molar-refractivity contribution in [3.63, 3.8) is 0 Å². The summed E-state index contributed by atoms with van der Waals surface area (Å²) in [5.74, 6) is 1.49. The molecule has 1 N–H and O–H groups in total. The molecule has 0 aliphatic rings. The Morgan fingerprint density at radius 2 is 2.15 bits per heavy atom. The second-order valence-corrected chi connectivity index (χ2v) is 4.61. The van der Waals surface area contributed by atoms with E-state index in [9.17, 15) is 0 Å². The van der Waals surface area contributed by atoms with Gasteiger partial charge in [-0.3, -0.25) is 4.68 Å². The van der Waals surface area contributed by atoms with Crippen LogP contribution in [0.4, 0.5) is 5.69 Å². The maximum atomic E-state index is 5.58. The maximum absolute atomic E-state index is 5.58. The number of hydrogen-bond donors (Lipinski definition) is 1. The fraction of sp³-hybridized carbons (Fsp3) is 0.400. The molecule has 1 atom stereocenters. The van der Waals surface area contributed by atoms with Gasteiger partial charge in [-0.1, -0.05) is 0 Å². The highest BCUT2D eigenvalue weighted by molar-refractivity contribution is 5.55. The predicted molar refractivity (Wildman–Crippen MR) is 79.4 cm³/mol. The van der Waals surface area contributed by atoms with Gasteiger partial charge < -0.3 is 14.8 Å². The molecular formula is C15H21N3O2. The lowest BCUT2D eigenvalue weighted by molar-refractivity contribution is 0.311. The lowest BCUT2D eigenvalue weighted by Gasteiger charge is -2.16. The van der Waals surface area contributed by atoms with Crippen molar-refractivity contribution in [1.82, 2.24) is 9.78 Å². The largest absolute Gasteiger partial charge is 0.493 e. The highest BCUT2D eigenvalue weighted by Gasteiger charge is 2.10. The number of rotatable bonds is 6. The van der Waals surface area contributed by atoms with Crippen molar-refractivity contribution < 1.29 is 9.47 Å². The minimum Gasteiger partial charge on any atom is -0.493 e. The van der Waals surface area contributed by atoms with Gasteiger partial charge in [0.05, 0.1) is 26.0 Å². The number of hydrogen-bond acceptors (Lipinski definition) is 4. The molecule has 1 unspecified atom stereocenters. The molecule has 1 aromatic heterocycles. The zero-order chi connectivity index (χ0) is 14.5. The van der Waals surface area contributed by atoms with E-state index in [0.29, 0.717) is 6.61 Å². The molecule has 0 spiro atoms. The molecule has 108 valence electrons. The van der Waals surface area contributed by atoms with Crippen molar-refractivity contribution in [3.05, 3.63) is 36.2 Å². The summed E-state index contributed by atoms with van der Waals surface area (Å²) in [6.07, 6.45) is 3.87. The summed E-state index contributed by atoms with van der Waals surface area (Å²) >= 11 is 0. The standard InChI is InChI=1S/C15H21N3O2/c1-5-20-15-8-13(6-7-14(15)19-4)17-11(2)12-9-16-18(3)10-12/h6-11,17H,5H2,1-4H3. The zero-order valence-corrected chi connectivity index (χ0v) is 12.4. The van der Waals surface area contributed by atoms with Gasteiger partial charge in [0.2, 0.25) is 0 Å². The summed E-state index contributed by atoms with van der Waals surface area (Å²) in [4.78, 5) is 0. The van der Waals surface area contributed by atoms with Crippen LogP contribution in [-0.2, 0) is 7.05 Å². The van der Waals surface area contributed by atoms with Crippen LogP contribution in [0.15, 0.2) is 30.6 Å². The molecular weight excluding hydrogens is 254 g/mol. The number of aryl methyl sites for hydroxylation is 1. The van der Waals surface area contributed by atoms with Gasteiger partial charge in [0.25, 0.3) is 0 Å². The molecule has 20 heavy (non-hydrogen) atoms.